The van der Waals surface area contributed by atoms with Gasteiger partial charge in [-0.1, -0.05) is 63.8 Å². The maximum atomic E-state index is 11.0. The first-order valence-electron chi connectivity index (χ1n) is 11.5. The standard InChI is InChI=1S/C25H38O2S2/c1-25(2,18-24(26)27)16-7-5-10-19-11-9-15-23(29-19)21-13-4-3-12-20(21)22-14-6-8-17-28-22/h3-4,12-13,19,22-23H,5-11,14-18H2,1-2H3,(H,26,27). The molecule has 0 aliphatic carbocycles. The molecule has 29 heavy (non-hydrogen) atoms. The van der Waals surface area contributed by atoms with Crippen molar-refractivity contribution in [3.8, 4) is 0 Å². The molecule has 2 aliphatic rings. The number of unbranched alkanes of at least 4 members (excludes halogenated alkanes) is 1. The third-order valence-electron chi connectivity index (χ3n) is 6.48. The first-order valence-corrected chi connectivity index (χ1v) is 13.5. The normalized spacial score (nSPS) is 25.7. The van der Waals surface area contributed by atoms with Gasteiger partial charge in [-0.3, -0.25) is 4.79 Å². The molecule has 162 valence electrons. The summed E-state index contributed by atoms with van der Waals surface area (Å²) >= 11 is 4.40. The molecule has 1 aromatic carbocycles. The Morgan fingerprint density at radius 2 is 1.76 bits per heavy atom. The molecule has 0 bridgehead atoms. The third-order valence-corrected chi connectivity index (χ3v) is 9.57. The van der Waals surface area contributed by atoms with Crippen molar-refractivity contribution in [3.63, 3.8) is 0 Å². The van der Waals surface area contributed by atoms with E-state index >= 15 is 0 Å². The fraction of sp³-hybridized carbons (Fsp3) is 0.720. The van der Waals surface area contributed by atoms with E-state index in [9.17, 15) is 4.79 Å². The summed E-state index contributed by atoms with van der Waals surface area (Å²) in [5.41, 5.74) is 3.15. The lowest BCUT2D eigenvalue weighted by molar-refractivity contribution is -0.139. The molecular weight excluding hydrogens is 396 g/mol. The van der Waals surface area contributed by atoms with Crippen molar-refractivity contribution in [2.24, 2.45) is 5.41 Å². The number of hydrogen-bond acceptors (Lipinski definition) is 3. The van der Waals surface area contributed by atoms with Crippen molar-refractivity contribution >= 4 is 29.5 Å². The highest BCUT2D eigenvalue weighted by Crippen LogP contribution is 2.49. The quantitative estimate of drug-likeness (QED) is 0.399. The SMILES string of the molecule is CC(C)(CCCCC1CCCC(c2ccccc2C2CCCCS2)S1)CC(=O)O. The number of thioether (sulfide) groups is 2. The number of aliphatic carboxylic acids is 1. The lowest BCUT2D eigenvalue weighted by Gasteiger charge is -2.32. The lowest BCUT2D eigenvalue weighted by Crippen LogP contribution is -2.17. The molecule has 0 saturated carbocycles. The molecule has 2 saturated heterocycles. The molecule has 4 heteroatoms. The van der Waals surface area contributed by atoms with Gasteiger partial charge in [-0.25, -0.2) is 0 Å². The highest BCUT2D eigenvalue weighted by Gasteiger charge is 2.28. The van der Waals surface area contributed by atoms with Gasteiger partial charge in [0.2, 0.25) is 0 Å². The zero-order valence-corrected chi connectivity index (χ0v) is 19.8. The largest absolute Gasteiger partial charge is 0.481 e. The topological polar surface area (TPSA) is 37.3 Å². The Hall–Kier alpha value is -0.610. The molecule has 0 spiro atoms. The van der Waals surface area contributed by atoms with Gasteiger partial charge in [-0.2, -0.15) is 23.5 Å². The number of benzene rings is 1. The smallest absolute Gasteiger partial charge is 0.303 e. The Kier molecular flexibility index (Phi) is 8.85. The van der Waals surface area contributed by atoms with E-state index in [4.69, 9.17) is 5.11 Å². The van der Waals surface area contributed by atoms with E-state index in [1.807, 2.05) is 0 Å². The fourth-order valence-corrected chi connectivity index (χ4v) is 8.01. The van der Waals surface area contributed by atoms with Crippen LogP contribution in [0, 0.1) is 5.41 Å². The van der Waals surface area contributed by atoms with E-state index in [1.165, 1.54) is 57.1 Å². The van der Waals surface area contributed by atoms with E-state index < -0.39 is 5.97 Å². The van der Waals surface area contributed by atoms with Gasteiger partial charge in [0, 0.05) is 15.7 Å². The number of hydrogen-bond donors (Lipinski definition) is 1. The van der Waals surface area contributed by atoms with Crippen LogP contribution in [0.5, 0.6) is 0 Å². The van der Waals surface area contributed by atoms with Crippen LogP contribution in [0.15, 0.2) is 24.3 Å². The molecule has 0 aromatic heterocycles. The van der Waals surface area contributed by atoms with Crippen LogP contribution in [0.3, 0.4) is 0 Å². The molecule has 2 fully saturated rings. The van der Waals surface area contributed by atoms with Crippen LogP contribution in [0.1, 0.15) is 106 Å². The fourth-order valence-electron chi connectivity index (χ4n) is 4.90. The average molecular weight is 435 g/mol. The van der Waals surface area contributed by atoms with Crippen molar-refractivity contribution in [1.82, 2.24) is 0 Å². The Labute approximate surface area is 186 Å². The number of rotatable bonds is 9. The number of carboxylic acids is 1. The second-order valence-corrected chi connectivity index (χ2v) is 12.5. The molecule has 2 nitrogen and oxygen atoms in total. The van der Waals surface area contributed by atoms with E-state index in [2.05, 4.69) is 61.6 Å². The first-order chi connectivity index (χ1) is 13.9. The van der Waals surface area contributed by atoms with Gasteiger partial charge in [0.15, 0.2) is 0 Å². The van der Waals surface area contributed by atoms with E-state index in [1.54, 1.807) is 11.1 Å². The van der Waals surface area contributed by atoms with Gasteiger partial charge >= 0.3 is 5.97 Å². The van der Waals surface area contributed by atoms with Crippen molar-refractivity contribution in [2.45, 2.75) is 100 Å². The van der Waals surface area contributed by atoms with Crippen LogP contribution in [-0.2, 0) is 4.79 Å². The Balaban J connectivity index is 1.51. The Bertz CT molecular complexity index is 652. The molecule has 0 radical (unpaired) electrons. The van der Waals surface area contributed by atoms with Crippen LogP contribution in [0.4, 0.5) is 0 Å². The van der Waals surface area contributed by atoms with Gasteiger partial charge < -0.3 is 5.11 Å². The van der Waals surface area contributed by atoms with Crippen LogP contribution in [-0.4, -0.2) is 22.1 Å². The van der Waals surface area contributed by atoms with E-state index in [-0.39, 0.29) is 11.8 Å². The minimum Gasteiger partial charge on any atom is -0.481 e. The van der Waals surface area contributed by atoms with Crippen molar-refractivity contribution in [2.75, 3.05) is 5.75 Å². The first kappa shape index (κ1) is 23.1. The maximum Gasteiger partial charge on any atom is 0.303 e. The number of carbonyl (C=O) groups is 1. The maximum absolute atomic E-state index is 11.0. The van der Waals surface area contributed by atoms with Crippen LogP contribution >= 0.6 is 23.5 Å². The van der Waals surface area contributed by atoms with Gasteiger partial charge in [0.1, 0.15) is 0 Å². The Morgan fingerprint density at radius 1 is 1.03 bits per heavy atom. The molecular formula is C25H38O2S2. The summed E-state index contributed by atoms with van der Waals surface area (Å²) in [6, 6.07) is 9.27. The van der Waals surface area contributed by atoms with Gasteiger partial charge in [-0.15, -0.1) is 0 Å². The molecule has 3 atom stereocenters. The summed E-state index contributed by atoms with van der Waals surface area (Å²) in [6.45, 7) is 4.18. The second kappa shape index (κ2) is 11.1. The average Bonchev–Trinajstić information content (AvgIpc) is 2.71. The summed E-state index contributed by atoms with van der Waals surface area (Å²) in [5, 5.41) is 11.2. The minimum absolute atomic E-state index is 0.0787. The van der Waals surface area contributed by atoms with Crippen molar-refractivity contribution in [1.29, 1.82) is 0 Å². The zero-order chi connectivity index (χ0) is 20.7. The van der Waals surface area contributed by atoms with E-state index in [0.29, 0.717) is 10.5 Å². The zero-order valence-electron chi connectivity index (χ0n) is 18.2. The van der Waals surface area contributed by atoms with Gasteiger partial charge in [0.05, 0.1) is 6.42 Å². The minimum atomic E-state index is -0.671. The lowest BCUT2D eigenvalue weighted by atomic mass is 9.83. The summed E-state index contributed by atoms with van der Waals surface area (Å²) in [7, 11) is 0. The molecule has 1 aromatic rings. The molecule has 0 amide bonds. The predicted molar refractivity (Wildman–Crippen MR) is 128 cm³/mol. The Morgan fingerprint density at radius 3 is 2.45 bits per heavy atom. The summed E-state index contributed by atoms with van der Waals surface area (Å²) < 4.78 is 0. The highest BCUT2D eigenvalue weighted by atomic mass is 32.2. The summed E-state index contributed by atoms with van der Waals surface area (Å²) in [6.07, 6.45) is 13.1. The molecule has 2 aliphatic heterocycles. The number of carboxylic acid groups (broad SMARTS) is 1. The molecule has 3 unspecified atom stereocenters. The van der Waals surface area contributed by atoms with Crippen molar-refractivity contribution < 1.29 is 9.90 Å². The van der Waals surface area contributed by atoms with Crippen molar-refractivity contribution in [3.05, 3.63) is 35.4 Å². The third kappa shape index (κ3) is 7.24. The van der Waals surface area contributed by atoms with Crippen LogP contribution < -0.4 is 0 Å². The summed E-state index contributed by atoms with van der Waals surface area (Å²) in [4.78, 5) is 11.0. The van der Waals surface area contributed by atoms with Crippen LogP contribution in [0.2, 0.25) is 0 Å². The van der Waals surface area contributed by atoms with E-state index in [0.717, 1.165) is 18.1 Å². The molecule has 3 rings (SSSR count). The van der Waals surface area contributed by atoms with Crippen LogP contribution in [0.25, 0.3) is 0 Å². The monoisotopic (exact) mass is 434 g/mol. The van der Waals surface area contributed by atoms with Gasteiger partial charge in [0.25, 0.3) is 0 Å². The second-order valence-electron chi connectivity index (χ2n) is 9.64. The summed E-state index contributed by atoms with van der Waals surface area (Å²) in [5.74, 6) is 0.646. The predicted octanol–water partition coefficient (Wildman–Crippen LogP) is 8.03. The highest BCUT2D eigenvalue weighted by molar-refractivity contribution is 8.00. The van der Waals surface area contributed by atoms with Gasteiger partial charge in [-0.05, 0) is 60.8 Å². The molecule has 1 N–H and O–H groups in total. The molecule has 2 heterocycles.